The molecule has 2 aromatic heterocycles. The van der Waals surface area contributed by atoms with Crippen LogP contribution in [0.5, 0.6) is 5.75 Å². The number of nitrogens with one attached hydrogen (secondary N) is 1. The number of rotatable bonds is 5. The van der Waals surface area contributed by atoms with E-state index in [0.29, 0.717) is 18.8 Å². The molecule has 3 aromatic rings. The van der Waals surface area contributed by atoms with Crippen molar-refractivity contribution in [2.24, 2.45) is 0 Å². The summed E-state index contributed by atoms with van der Waals surface area (Å²) >= 11 is 0. The smallest absolute Gasteiger partial charge is 0.435 e. The van der Waals surface area contributed by atoms with Crippen LogP contribution in [0.3, 0.4) is 0 Å². The van der Waals surface area contributed by atoms with Crippen molar-refractivity contribution in [1.29, 1.82) is 0 Å². The van der Waals surface area contributed by atoms with E-state index in [4.69, 9.17) is 4.74 Å². The molecule has 3 heterocycles. The maximum absolute atomic E-state index is 13.0. The SMILES string of the molecule is COc1ccc([C@@H]2CN(Cc3ccncc3)C[C@H]2c2cc(C(F)(F)F)n[nH]2)cc1. The molecule has 0 unspecified atom stereocenters. The van der Waals surface area contributed by atoms with Crippen LogP contribution in [-0.4, -0.2) is 40.3 Å². The number of aromatic amines is 1. The van der Waals surface area contributed by atoms with Crippen molar-refractivity contribution in [3.05, 3.63) is 77.4 Å². The van der Waals surface area contributed by atoms with E-state index in [1.54, 1.807) is 19.5 Å². The Kier molecular flexibility index (Phi) is 5.27. The Morgan fingerprint density at radius 2 is 1.76 bits per heavy atom. The van der Waals surface area contributed by atoms with Gasteiger partial charge in [-0.1, -0.05) is 12.1 Å². The van der Waals surface area contributed by atoms with Gasteiger partial charge in [-0.15, -0.1) is 0 Å². The number of ether oxygens (including phenoxy) is 1. The second-order valence-corrected chi connectivity index (χ2v) is 7.24. The zero-order valence-electron chi connectivity index (χ0n) is 15.9. The van der Waals surface area contributed by atoms with Gasteiger partial charge in [-0.05, 0) is 41.5 Å². The highest BCUT2D eigenvalue weighted by Gasteiger charge is 2.39. The topological polar surface area (TPSA) is 54.0 Å². The Hall–Kier alpha value is -2.87. The molecule has 0 bridgehead atoms. The van der Waals surface area contributed by atoms with Crippen molar-refractivity contribution < 1.29 is 17.9 Å². The predicted octanol–water partition coefficient (Wildman–Crippen LogP) is 4.22. The monoisotopic (exact) mass is 402 g/mol. The van der Waals surface area contributed by atoms with Crippen LogP contribution in [-0.2, 0) is 12.7 Å². The van der Waals surface area contributed by atoms with Crippen LogP contribution in [0.4, 0.5) is 13.2 Å². The number of likely N-dealkylation sites (tertiary alicyclic amines) is 1. The van der Waals surface area contributed by atoms with Crippen molar-refractivity contribution in [3.63, 3.8) is 0 Å². The van der Waals surface area contributed by atoms with Gasteiger partial charge in [-0.25, -0.2) is 0 Å². The Morgan fingerprint density at radius 3 is 2.38 bits per heavy atom. The van der Waals surface area contributed by atoms with Crippen LogP contribution in [0.1, 0.15) is 34.4 Å². The zero-order chi connectivity index (χ0) is 20.4. The number of benzene rings is 1. The average Bonchev–Trinajstić information content (AvgIpc) is 3.36. The fourth-order valence-electron chi connectivity index (χ4n) is 3.94. The largest absolute Gasteiger partial charge is 0.497 e. The first-order valence-corrected chi connectivity index (χ1v) is 9.32. The number of H-pyrrole nitrogens is 1. The van der Waals surface area contributed by atoms with Crippen molar-refractivity contribution in [3.8, 4) is 5.75 Å². The first-order valence-electron chi connectivity index (χ1n) is 9.32. The van der Waals surface area contributed by atoms with Crippen molar-refractivity contribution in [1.82, 2.24) is 20.1 Å². The van der Waals surface area contributed by atoms with E-state index in [2.05, 4.69) is 20.1 Å². The van der Waals surface area contributed by atoms with Crippen molar-refractivity contribution >= 4 is 0 Å². The van der Waals surface area contributed by atoms with Crippen molar-refractivity contribution in [2.75, 3.05) is 20.2 Å². The molecule has 1 aliphatic rings. The summed E-state index contributed by atoms with van der Waals surface area (Å²) in [4.78, 5) is 6.29. The van der Waals surface area contributed by atoms with Crippen LogP contribution in [0.2, 0.25) is 0 Å². The lowest BCUT2D eigenvalue weighted by Crippen LogP contribution is -2.20. The van der Waals surface area contributed by atoms with E-state index >= 15 is 0 Å². The minimum Gasteiger partial charge on any atom is -0.497 e. The second-order valence-electron chi connectivity index (χ2n) is 7.24. The van der Waals surface area contributed by atoms with E-state index in [9.17, 15) is 13.2 Å². The molecule has 5 nitrogen and oxygen atoms in total. The number of hydrogen-bond acceptors (Lipinski definition) is 4. The number of hydrogen-bond donors (Lipinski definition) is 1. The summed E-state index contributed by atoms with van der Waals surface area (Å²) in [5.41, 5.74) is 1.81. The summed E-state index contributed by atoms with van der Waals surface area (Å²) in [6.45, 7) is 2.09. The van der Waals surface area contributed by atoms with E-state index in [0.717, 1.165) is 29.5 Å². The average molecular weight is 402 g/mol. The molecule has 1 N–H and O–H groups in total. The third-order valence-electron chi connectivity index (χ3n) is 5.38. The standard InChI is InChI=1S/C21H21F3N4O/c1-29-16-4-2-15(3-5-16)17-12-28(11-14-6-8-25-9-7-14)13-18(17)19-10-20(27-26-19)21(22,23)24/h2-10,17-18H,11-13H2,1H3,(H,26,27)/t17-,18+/m0/s1. The van der Waals surface area contributed by atoms with Crippen LogP contribution in [0.25, 0.3) is 0 Å². The number of alkyl halides is 3. The molecule has 29 heavy (non-hydrogen) atoms. The predicted molar refractivity (Wildman–Crippen MR) is 102 cm³/mol. The van der Waals surface area contributed by atoms with Crippen LogP contribution < -0.4 is 4.74 Å². The lowest BCUT2D eigenvalue weighted by molar-refractivity contribution is -0.141. The molecule has 4 rings (SSSR count). The van der Waals surface area contributed by atoms with Gasteiger partial charge in [-0.3, -0.25) is 15.0 Å². The van der Waals surface area contributed by atoms with Gasteiger partial charge in [0.1, 0.15) is 5.75 Å². The highest BCUT2D eigenvalue weighted by Crippen LogP contribution is 2.41. The lowest BCUT2D eigenvalue weighted by Gasteiger charge is -2.18. The van der Waals surface area contributed by atoms with Gasteiger partial charge in [0.25, 0.3) is 0 Å². The maximum atomic E-state index is 13.0. The third kappa shape index (κ3) is 4.27. The molecule has 0 spiro atoms. The molecule has 1 aromatic carbocycles. The Balaban J connectivity index is 1.62. The summed E-state index contributed by atoms with van der Waals surface area (Å²) < 4.78 is 44.4. The number of halogens is 3. The number of nitrogens with zero attached hydrogens (tertiary/aromatic N) is 3. The van der Waals surface area contributed by atoms with Crippen LogP contribution in [0, 0.1) is 0 Å². The summed E-state index contributed by atoms with van der Waals surface area (Å²) in [5, 5.41) is 6.13. The van der Waals surface area contributed by atoms with Crippen LogP contribution in [0.15, 0.2) is 54.9 Å². The van der Waals surface area contributed by atoms with Gasteiger partial charge >= 0.3 is 6.18 Å². The summed E-state index contributed by atoms with van der Waals surface area (Å²) in [6.07, 6.45) is -0.970. The summed E-state index contributed by atoms with van der Waals surface area (Å²) in [5.74, 6) is 0.677. The normalized spacial score (nSPS) is 20.1. The zero-order valence-corrected chi connectivity index (χ0v) is 15.9. The fourth-order valence-corrected chi connectivity index (χ4v) is 3.94. The minimum absolute atomic E-state index is 0.0456. The molecule has 1 aliphatic heterocycles. The Bertz CT molecular complexity index is 941. The van der Waals surface area contributed by atoms with Gasteiger partial charge in [0.2, 0.25) is 0 Å². The van der Waals surface area contributed by atoms with E-state index < -0.39 is 11.9 Å². The second kappa shape index (κ2) is 7.87. The van der Waals surface area contributed by atoms with E-state index in [-0.39, 0.29) is 11.8 Å². The van der Waals surface area contributed by atoms with Gasteiger partial charge in [-0.2, -0.15) is 18.3 Å². The fraction of sp³-hybridized carbons (Fsp3) is 0.333. The Morgan fingerprint density at radius 1 is 1.07 bits per heavy atom. The molecular formula is C21H21F3N4O. The van der Waals surface area contributed by atoms with Crippen molar-refractivity contribution in [2.45, 2.75) is 24.6 Å². The molecule has 1 saturated heterocycles. The molecule has 0 radical (unpaired) electrons. The molecular weight excluding hydrogens is 381 g/mol. The molecule has 0 saturated carbocycles. The molecule has 2 atom stereocenters. The Labute approximate surface area is 166 Å². The summed E-state index contributed by atoms with van der Waals surface area (Å²) in [7, 11) is 1.60. The third-order valence-corrected chi connectivity index (χ3v) is 5.38. The lowest BCUT2D eigenvalue weighted by atomic mass is 9.86. The highest BCUT2D eigenvalue weighted by atomic mass is 19.4. The molecule has 152 valence electrons. The molecule has 0 amide bonds. The van der Waals surface area contributed by atoms with Gasteiger partial charge in [0.05, 0.1) is 7.11 Å². The van der Waals surface area contributed by atoms with Gasteiger partial charge in [0, 0.05) is 49.6 Å². The molecule has 0 aliphatic carbocycles. The first-order chi connectivity index (χ1) is 13.9. The molecule has 1 fully saturated rings. The maximum Gasteiger partial charge on any atom is 0.435 e. The number of pyridine rings is 1. The van der Waals surface area contributed by atoms with Gasteiger partial charge in [0.15, 0.2) is 5.69 Å². The van der Waals surface area contributed by atoms with Gasteiger partial charge < -0.3 is 4.74 Å². The molecule has 8 heteroatoms. The highest BCUT2D eigenvalue weighted by molar-refractivity contribution is 5.34. The first kappa shape index (κ1) is 19.4. The van der Waals surface area contributed by atoms with E-state index in [1.807, 2.05) is 36.4 Å². The minimum atomic E-state index is -4.46. The quantitative estimate of drug-likeness (QED) is 0.695. The number of methoxy groups -OCH3 is 1. The van der Waals surface area contributed by atoms with Crippen LogP contribution >= 0.6 is 0 Å². The van der Waals surface area contributed by atoms with E-state index in [1.165, 1.54) is 0 Å². The number of aromatic nitrogens is 3. The summed E-state index contributed by atoms with van der Waals surface area (Å²) in [6, 6.07) is 12.8.